The number of morpholine rings is 1. The van der Waals surface area contributed by atoms with Crippen molar-refractivity contribution in [3.8, 4) is 5.69 Å². The molecule has 0 bridgehead atoms. The van der Waals surface area contributed by atoms with Crippen molar-refractivity contribution in [3.05, 3.63) is 36.7 Å². The molecule has 2 saturated heterocycles. The van der Waals surface area contributed by atoms with Crippen molar-refractivity contribution < 1.29 is 9.53 Å². The van der Waals surface area contributed by atoms with Crippen molar-refractivity contribution in [1.82, 2.24) is 24.8 Å². The number of anilines is 1. The van der Waals surface area contributed by atoms with E-state index in [9.17, 15) is 4.79 Å². The van der Waals surface area contributed by atoms with E-state index in [1.807, 2.05) is 29.2 Å². The Morgan fingerprint density at radius 2 is 1.85 bits per heavy atom. The van der Waals surface area contributed by atoms with Crippen molar-refractivity contribution >= 4 is 11.7 Å². The molecule has 2 aliphatic rings. The SMILES string of the molecule is O=C(Nc1ccc(-n2nccn2)cc1)N1CCCC(CN2CCOCC2)C1. The molecule has 2 amide bonds. The first-order valence-corrected chi connectivity index (χ1v) is 9.61. The summed E-state index contributed by atoms with van der Waals surface area (Å²) in [5.41, 5.74) is 1.65. The van der Waals surface area contributed by atoms with Gasteiger partial charge >= 0.3 is 6.03 Å². The minimum atomic E-state index is -0.0216. The summed E-state index contributed by atoms with van der Waals surface area (Å²) in [7, 11) is 0. The highest BCUT2D eigenvalue weighted by molar-refractivity contribution is 5.89. The molecule has 1 aromatic heterocycles. The Morgan fingerprint density at radius 3 is 2.59 bits per heavy atom. The highest BCUT2D eigenvalue weighted by Crippen LogP contribution is 2.20. The average molecular weight is 370 g/mol. The lowest BCUT2D eigenvalue weighted by atomic mass is 9.97. The zero-order chi connectivity index (χ0) is 18.5. The van der Waals surface area contributed by atoms with Crippen LogP contribution in [-0.2, 0) is 4.74 Å². The molecule has 1 aromatic carbocycles. The summed E-state index contributed by atoms with van der Waals surface area (Å²) < 4.78 is 5.42. The largest absolute Gasteiger partial charge is 0.379 e. The number of nitrogens with zero attached hydrogens (tertiary/aromatic N) is 5. The molecule has 1 atom stereocenters. The van der Waals surface area contributed by atoms with Gasteiger partial charge in [0.1, 0.15) is 0 Å². The first kappa shape index (κ1) is 17.9. The first-order chi connectivity index (χ1) is 13.3. The van der Waals surface area contributed by atoms with Crippen LogP contribution in [0.25, 0.3) is 5.69 Å². The van der Waals surface area contributed by atoms with Crippen LogP contribution in [0.2, 0.25) is 0 Å². The summed E-state index contributed by atoms with van der Waals surface area (Å²) >= 11 is 0. The minimum absolute atomic E-state index is 0.0216. The number of likely N-dealkylation sites (tertiary alicyclic amines) is 1. The molecule has 3 heterocycles. The van der Waals surface area contributed by atoms with Gasteiger partial charge < -0.3 is 15.0 Å². The molecule has 1 unspecified atom stereocenters. The summed E-state index contributed by atoms with van der Waals surface area (Å²) in [6, 6.07) is 7.53. The van der Waals surface area contributed by atoms with Gasteiger partial charge in [-0.15, -0.1) is 0 Å². The molecule has 0 radical (unpaired) electrons. The number of benzene rings is 1. The summed E-state index contributed by atoms with van der Waals surface area (Å²) in [6.45, 7) is 6.33. The third-order valence-electron chi connectivity index (χ3n) is 5.19. The van der Waals surface area contributed by atoms with E-state index in [0.717, 1.165) is 63.7 Å². The predicted molar refractivity (Wildman–Crippen MR) is 102 cm³/mol. The van der Waals surface area contributed by atoms with Crippen LogP contribution in [0.4, 0.5) is 10.5 Å². The van der Waals surface area contributed by atoms with Gasteiger partial charge in [0.25, 0.3) is 0 Å². The fourth-order valence-electron chi connectivity index (χ4n) is 3.78. The molecule has 2 aliphatic heterocycles. The summed E-state index contributed by atoms with van der Waals surface area (Å²) in [5, 5.41) is 11.2. The number of nitrogens with one attached hydrogen (secondary N) is 1. The molecular formula is C19H26N6O2. The van der Waals surface area contributed by atoms with Gasteiger partial charge in [-0.25, -0.2) is 4.79 Å². The number of hydrogen-bond donors (Lipinski definition) is 1. The topological polar surface area (TPSA) is 75.5 Å². The van der Waals surface area contributed by atoms with Crippen LogP contribution in [0.15, 0.2) is 36.7 Å². The Labute approximate surface area is 159 Å². The van der Waals surface area contributed by atoms with E-state index in [2.05, 4.69) is 20.4 Å². The first-order valence-electron chi connectivity index (χ1n) is 9.61. The normalized spacial score (nSPS) is 21.2. The lowest BCUT2D eigenvalue weighted by Crippen LogP contribution is -2.47. The van der Waals surface area contributed by atoms with Crippen LogP contribution in [-0.4, -0.2) is 76.8 Å². The molecule has 8 nitrogen and oxygen atoms in total. The van der Waals surface area contributed by atoms with E-state index >= 15 is 0 Å². The minimum Gasteiger partial charge on any atom is -0.379 e. The van der Waals surface area contributed by atoms with Gasteiger partial charge in [0.05, 0.1) is 31.3 Å². The molecule has 0 saturated carbocycles. The molecule has 4 rings (SSSR count). The van der Waals surface area contributed by atoms with Crippen LogP contribution in [0.3, 0.4) is 0 Å². The van der Waals surface area contributed by atoms with Crippen molar-refractivity contribution in [2.45, 2.75) is 12.8 Å². The maximum atomic E-state index is 12.7. The summed E-state index contributed by atoms with van der Waals surface area (Å²) in [6.07, 6.45) is 5.53. The van der Waals surface area contributed by atoms with Crippen LogP contribution >= 0.6 is 0 Å². The third-order valence-corrected chi connectivity index (χ3v) is 5.19. The van der Waals surface area contributed by atoms with Gasteiger partial charge in [0.2, 0.25) is 0 Å². The number of carbonyl (C=O) groups excluding carboxylic acids is 1. The Hall–Kier alpha value is -2.45. The second kappa shape index (κ2) is 8.49. The number of carbonyl (C=O) groups is 1. The number of rotatable bonds is 4. The quantitative estimate of drug-likeness (QED) is 0.889. The number of urea groups is 1. The van der Waals surface area contributed by atoms with E-state index in [1.165, 1.54) is 6.42 Å². The van der Waals surface area contributed by atoms with E-state index in [4.69, 9.17) is 4.74 Å². The van der Waals surface area contributed by atoms with E-state index in [-0.39, 0.29) is 6.03 Å². The van der Waals surface area contributed by atoms with Gasteiger partial charge in [-0.3, -0.25) is 4.90 Å². The van der Waals surface area contributed by atoms with Gasteiger partial charge in [-0.1, -0.05) is 0 Å². The molecule has 27 heavy (non-hydrogen) atoms. The molecule has 0 aliphatic carbocycles. The van der Waals surface area contributed by atoms with Crippen molar-refractivity contribution in [3.63, 3.8) is 0 Å². The van der Waals surface area contributed by atoms with E-state index < -0.39 is 0 Å². The lowest BCUT2D eigenvalue weighted by Gasteiger charge is -2.36. The predicted octanol–water partition coefficient (Wildman–Crippen LogP) is 1.84. The number of hydrogen-bond acceptors (Lipinski definition) is 5. The number of piperidine rings is 1. The van der Waals surface area contributed by atoms with Crippen LogP contribution in [0, 0.1) is 5.92 Å². The molecule has 1 N–H and O–H groups in total. The Morgan fingerprint density at radius 1 is 1.11 bits per heavy atom. The molecule has 144 valence electrons. The van der Waals surface area contributed by atoms with E-state index in [1.54, 1.807) is 17.2 Å². The monoisotopic (exact) mass is 370 g/mol. The number of aromatic nitrogens is 3. The Balaban J connectivity index is 1.30. The summed E-state index contributed by atoms with van der Waals surface area (Å²) in [5.74, 6) is 0.538. The fourth-order valence-corrected chi connectivity index (χ4v) is 3.78. The van der Waals surface area contributed by atoms with Gasteiger partial charge in [-0.05, 0) is 43.0 Å². The second-order valence-electron chi connectivity index (χ2n) is 7.16. The van der Waals surface area contributed by atoms with Crippen LogP contribution in [0.5, 0.6) is 0 Å². The Bertz CT molecular complexity index is 727. The molecule has 8 heteroatoms. The van der Waals surface area contributed by atoms with Crippen molar-refractivity contribution in [2.75, 3.05) is 51.3 Å². The highest BCUT2D eigenvalue weighted by Gasteiger charge is 2.25. The molecular weight excluding hydrogens is 344 g/mol. The fraction of sp³-hybridized carbons (Fsp3) is 0.526. The number of amides is 2. The van der Waals surface area contributed by atoms with Crippen molar-refractivity contribution in [2.24, 2.45) is 5.92 Å². The van der Waals surface area contributed by atoms with Crippen molar-refractivity contribution in [1.29, 1.82) is 0 Å². The third kappa shape index (κ3) is 4.64. The smallest absolute Gasteiger partial charge is 0.321 e. The summed E-state index contributed by atoms with van der Waals surface area (Å²) in [4.78, 5) is 18.6. The maximum absolute atomic E-state index is 12.7. The van der Waals surface area contributed by atoms with Gasteiger partial charge in [0.15, 0.2) is 0 Å². The maximum Gasteiger partial charge on any atom is 0.321 e. The average Bonchev–Trinajstić information content (AvgIpc) is 3.24. The zero-order valence-electron chi connectivity index (χ0n) is 15.5. The Kier molecular flexibility index (Phi) is 5.64. The molecule has 2 fully saturated rings. The van der Waals surface area contributed by atoms with Gasteiger partial charge in [0, 0.05) is 38.4 Å². The number of ether oxygens (including phenoxy) is 1. The lowest BCUT2D eigenvalue weighted by molar-refractivity contribution is 0.0252. The zero-order valence-corrected chi connectivity index (χ0v) is 15.5. The molecule has 0 spiro atoms. The van der Waals surface area contributed by atoms with Gasteiger partial charge in [-0.2, -0.15) is 15.0 Å². The van der Waals surface area contributed by atoms with Crippen LogP contribution in [0.1, 0.15) is 12.8 Å². The molecule has 2 aromatic rings. The van der Waals surface area contributed by atoms with Crippen LogP contribution < -0.4 is 5.32 Å². The second-order valence-corrected chi connectivity index (χ2v) is 7.16. The highest BCUT2D eigenvalue weighted by atomic mass is 16.5. The van der Waals surface area contributed by atoms with E-state index in [0.29, 0.717) is 5.92 Å². The standard InChI is InChI=1S/C19H26N6O2/c26-19(22-17-3-5-18(6-4-17)25-20-7-8-21-25)24-9-1-2-16(15-24)14-23-10-12-27-13-11-23/h3-8,16H,1-2,9-15H2,(H,22,26).